The SMILES string of the molecule is NCC(=O)NCC(=NCN=O)C(N)=CC(=NCc1ccccc1F)c1ccon1. The first kappa shape index (κ1) is 21.6. The second-order valence-corrected chi connectivity index (χ2v) is 5.63. The molecule has 0 spiro atoms. The first-order chi connectivity index (χ1) is 14.0. The number of nitroso groups, excluding NO2 is 1. The van der Waals surface area contributed by atoms with Gasteiger partial charge in [0.05, 0.1) is 36.8 Å². The van der Waals surface area contributed by atoms with Gasteiger partial charge in [0.15, 0.2) is 6.67 Å². The highest BCUT2D eigenvalue weighted by atomic mass is 19.1. The number of hydrogen-bond acceptors (Lipinski definition) is 9. The number of nitrogens with zero attached hydrogens (tertiary/aromatic N) is 4. The van der Waals surface area contributed by atoms with Gasteiger partial charge in [-0.1, -0.05) is 23.4 Å². The normalized spacial score (nSPS) is 12.7. The lowest BCUT2D eigenvalue weighted by molar-refractivity contribution is -0.119. The van der Waals surface area contributed by atoms with Gasteiger partial charge in [0.1, 0.15) is 17.8 Å². The zero-order valence-corrected chi connectivity index (χ0v) is 15.4. The minimum Gasteiger partial charge on any atom is -0.397 e. The second-order valence-electron chi connectivity index (χ2n) is 5.63. The van der Waals surface area contributed by atoms with Crippen molar-refractivity contribution in [1.29, 1.82) is 0 Å². The van der Waals surface area contributed by atoms with Gasteiger partial charge in [0, 0.05) is 11.6 Å². The highest BCUT2D eigenvalue weighted by Gasteiger charge is 2.11. The number of nitrogens with one attached hydrogen (secondary N) is 1. The molecule has 29 heavy (non-hydrogen) atoms. The molecule has 5 N–H and O–H groups in total. The third-order valence-electron chi connectivity index (χ3n) is 3.66. The third-order valence-corrected chi connectivity index (χ3v) is 3.66. The van der Waals surface area contributed by atoms with E-state index in [-0.39, 0.29) is 37.7 Å². The Balaban J connectivity index is 2.32. The van der Waals surface area contributed by atoms with E-state index < -0.39 is 11.7 Å². The molecule has 1 aromatic heterocycles. The largest absolute Gasteiger partial charge is 0.397 e. The molecule has 0 aliphatic heterocycles. The van der Waals surface area contributed by atoms with E-state index in [0.717, 1.165) is 0 Å². The summed E-state index contributed by atoms with van der Waals surface area (Å²) in [7, 11) is 0. The molecule has 0 aliphatic carbocycles. The average molecular weight is 401 g/mol. The van der Waals surface area contributed by atoms with E-state index in [4.69, 9.17) is 16.0 Å². The maximum absolute atomic E-state index is 13.9. The Bertz CT molecular complexity index is 923. The molecule has 2 aromatic rings. The lowest BCUT2D eigenvalue weighted by Crippen LogP contribution is -2.36. The number of nitrogens with two attached hydrogens (primary N) is 2. The molecular formula is C18H20FN7O3. The van der Waals surface area contributed by atoms with Crippen LogP contribution >= 0.6 is 0 Å². The smallest absolute Gasteiger partial charge is 0.234 e. The van der Waals surface area contributed by atoms with Crippen molar-refractivity contribution in [2.75, 3.05) is 19.8 Å². The lowest BCUT2D eigenvalue weighted by Gasteiger charge is -2.09. The van der Waals surface area contributed by atoms with E-state index in [0.29, 0.717) is 17.0 Å². The van der Waals surface area contributed by atoms with E-state index in [1.165, 1.54) is 18.4 Å². The predicted molar refractivity (Wildman–Crippen MR) is 106 cm³/mol. The molecule has 0 radical (unpaired) electrons. The summed E-state index contributed by atoms with van der Waals surface area (Å²) in [4.78, 5) is 30.1. The Morgan fingerprint density at radius 1 is 1.28 bits per heavy atom. The molecule has 0 fully saturated rings. The fraction of sp³-hybridized carbons (Fsp3) is 0.222. The summed E-state index contributed by atoms with van der Waals surface area (Å²) in [6.45, 7) is -0.622. The monoisotopic (exact) mass is 401 g/mol. The Morgan fingerprint density at radius 3 is 2.72 bits per heavy atom. The molecule has 0 saturated carbocycles. The van der Waals surface area contributed by atoms with Crippen molar-refractivity contribution in [3.8, 4) is 0 Å². The van der Waals surface area contributed by atoms with Gasteiger partial charge in [-0.05, 0) is 17.3 Å². The van der Waals surface area contributed by atoms with Gasteiger partial charge >= 0.3 is 0 Å². The van der Waals surface area contributed by atoms with Gasteiger partial charge in [0.2, 0.25) is 5.91 Å². The molecule has 152 valence electrons. The number of benzene rings is 1. The van der Waals surface area contributed by atoms with Gasteiger partial charge in [-0.15, -0.1) is 4.91 Å². The molecule has 2 rings (SSSR count). The summed E-state index contributed by atoms with van der Waals surface area (Å²) >= 11 is 0. The highest BCUT2D eigenvalue weighted by Crippen LogP contribution is 2.10. The van der Waals surface area contributed by atoms with Crippen LogP contribution < -0.4 is 16.8 Å². The number of aromatic nitrogens is 1. The average Bonchev–Trinajstić information content (AvgIpc) is 3.26. The molecule has 0 unspecified atom stereocenters. The number of carbonyl (C=O) groups is 1. The summed E-state index contributed by atoms with van der Waals surface area (Å²) in [6, 6.07) is 7.78. The Hall–Kier alpha value is -3.73. The molecule has 11 heteroatoms. The standard InChI is InChI=1S/C18H20FN7O3/c19-13-4-2-1-3-12(13)9-22-16(15-5-6-29-26-15)7-14(21)17(24-11-25-28)10-23-18(27)8-20/h1-7H,8-11,20-21H2,(H,23,27). The summed E-state index contributed by atoms with van der Waals surface area (Å²) in [5.41, 5.74) is 12.7. The number of aliphatic imine (C=N–C) groups is 2. The summed E-state index contributed by atoms with van der Waals surface area (Å²) in [5, 5.41) is 8.99. The van der Waals surface area contributed by atoms with Gasteiger partial charge < -0.3 is 21.3 Å². The van der Waals surface area contributed by atoms with Crippen LogP contribution in [0, 0.1) is 10.7 Å². The first-order valence-corrected chi connectivity index (χ1v) is 8.50. The number of amides is 1. The van der Waals surface area contributed by atoms with Gasteiger partial charge in [-0.3, -0.25) is 14.8 Å². The van der Waals surface area contributed by atoms with Crippen molar-refractivity contribution < 1.29 is 13.7 Å². The number of hydrogen-bond donors (Lipinski definition) is 3. The van der Waals surface area contributed by atoms with Gasteiger partial charge in [-0.25, -0.2) is 4.39 Å². The highest BCUT2D eigenvalue weighted by molar-refractivity contribution is 6.13. The van der Waals surface area contributed by atoms with Crippen molar-refractivity contribution in [1.82, 2.24) is 10.5 Å². The zero-order chi connectivity index (χ0) is 21.1. The van der Waals surface area contributed by atoms with E-state index in [1.54, 1.807) is 24.3 Å². The number of allylic oxidation sites excluding steroid dienone is 1. The zero-order valence-electron chi connectivity index (χ0n) is 15.4. The molecule has 0 saturated heterocycles. The van der Waals surface area contributed by atoms with Crippen LogP contribution in [0.5, 0.6) is 0 Å². The van der Waals surface area contributed by atoms with Crippen LogP contribution in [0.4, 0.5) is 4.39 Å². The molecule has 0 aliphatic rings. The van der Waals surface area contributed by atoms with E-state index in [2.05, 4.69) is 25.6 Å². The molecule has 0 atom stereocenters. The maximum atomic E-state index is 13.9. The van der Waals surface area contributed by atoms with Crippen LogP contribution in [0.1, 0.15) is 11.3 Å². The van der Waals surface area contributed by atoms with Gasteiger partial charge in [-0.2, -0.15) is 0 Å². The van der Waals surface area contributed by atoms with Crippen LogP contribution in [-0.4, -0.2) is 42.2 Å². The van der Waals surface area contributed by atoms with Crippen molar-refractivity contribution in [3.63, 3.8) is 0 Å². The molecule has 10 nitrogen and oxygen atoms in total. The fourth-order valence-electron chi connectivity index (χ4n) is 2.19. The lowest BCUT2D eigenvalue weighted by atomic mass is 10.1. The number of rotatable bonds is 10. The molecule has 1 aromatic carbocycles. The summed E-state index contributed by atoms with van der Waals surface area (Å²) < 4.78 is 18.7. The topological polar surface area (TPSA) is 161 Å². The number of halogens is 1. The molecule has 1 heterocycles. The molecular weight excluding hydrogens is 381 g/mol. The summed E-state index contributed by atoms with van der Waals surface area (Å²) in [6.07, 6.45) is 2.79. The summed E-state index contributed by atoms with van der Waals surface area (Å²) in [5.74, 6) is -0.814. The Labute approximate surface area is 165 Å². The van der Waals surface area contributed by atoms with E-state index in [1.807, 2.05) is 0 Å². The van der Waals surface area contributed by atoms with Crippen molar-refractivity contribution >= 4 is 17.3 Å². The van der Waals surface area contributed by atoms with E-state index >= 15 is 0 Å². The fourth-order valence-corrected chi connectivity index (χ4v) is 2.19. The number of carbonyl (C=O) groups excluding carboxylic acids is 1. The van der Waals surface area contributed by atoms with Crippen LogP contribution in [0.15, 0.2) is 68.1 Å². The van der Waals surface area contributed by atoms with Crippen molar-refractivity contribution in [2.24, 2.45) is 26.6 Å². The Kier molecular flexibility index (Phi) is 8.32. The quantitative estimate of drug-likeness (QED) is 0.395. The van der Waals surface area contributed by atoms with Crippen LogP contribution in [0.2, 0.25) is 0 Å². The maximum Gasteiger partial charge on any atom is 0.234 e. The minimum absolute atomic E-state index is 0.0327. The predicted octanol–water partition coefficient (Wildman–Crippen LogP) is 0.885. The van der Waals surface area contributed by atoms with Gasteiger partial charge in [0.25, 0.3) is 0 Å². The van der Waals surface area contributed by atoms with E-state index in [9.17, 15) is 14.1 Å². The third kappa shape index (κ3) is 6.74. The second kappa shape index (κ2) is 11.2. The minimum atomic E-state index is -0.422. The Morgan fingerprint density at radius 2 is 2.07 bits per heavy atom. The van der Waals surface area contributed by atoms with Crippen LogP contribution in [0.25, 0.3) is 0 Å². The first-order valence-electron chi connectivity index (χ1n) is 8.50. The van der Waals surface area contributed by atoms with Crippen LogP contribution in [0.3, 0.4) is 0 Å². The van der Waals surface area contributed by atoms with Crippen LogP contribution in [-0.2, 0) is 11.3 Å². The van der Waals surface area contributed by atoms with Crippen molar-refractivity contribution in [2.45, 2.75) is 6.54 Å². The molecule has 1 amide bonds. The van der Waals surface area contributed by atoms with Crippen molar-refractivity contribution in [3.05, 3.63) is 70.3 Å². The molecule has 0 bridgehead atoms.